The van der Waals surface area contributed by atoms with Crippen molar-refractivity contribution in [1.29, 1.82) is 0 Å². The lowest BCUT2D eigenvalue weighted by molar-refractivity contribution is 0.213. The third kappa shape index (κ3) is 6.53. The Hall–Kier alpha value is -0.860. The third-order valence-electron chi connectivity index (χ3n) is 2.90. The van der Waals surface area contributed by atoms with Crippen LogP contribution in [0.25, 0.3) is 0 Å². The maximum absolute atomic E-state index is 8.82. The van der Waals surface area contributed by atoms with Gasteiger partial charge < -0.3 is 10.0 Å². The molecule has 4 heteroatoms. The molecule has 0 spiro atoms. The van der Waals surface area contributed by atoms with Crippen molar-refractivity contribution < 1.29 is 5.11 Å². The first kappa shape index (κ1) is 17.2. The van der Waals surface area contributed by atoms with Crippen LogP contribution in [0.5, 0.6) is 0 Å². The van der Waals surface area contributed by atoms with Gasteiger partial charge in [-0.05, 0) is 31.5 Å². The SMILES string of the molecule is CC(C)CN(CCN(C)C)Cc1sccc1C#CCO. The first-order valence-corrected chi connectivity index (χ1v) is 7.94. The maximum Gasteiger partial charge on any atom is 0.104 e. The summed E-state index contributed by atoms with van der Waals surface area (Å²) in [7, 11) is 4.22. The quantitative estimate of drug-likeness (QED) is 0.780. The molecule has 1 rings (SSSR count). The van der Waals surface area contributed by atoms with E-state index >= 15 is 0 Å². The molecular formula is C16H26N2OS. The number of hydrogen-bond acceptors (Lipinski definition) is 4. The third-order valence-corrected chi connectivity index (χ3v) is 3.81. The summed E-state index contributed by atoms with van der Waals surface area (Å²) in [5, 5.41) is 10.9. The molecule has 0 aliphatic heterocycles. The van der Waals surface area contributed by atoms with Crippen LogP contribution in [-0.4, -0.2) is 55.2 Å². The molecule has 20 heavy (non-hydrogen) atoms. The summed E-state index contributed by atoms with van der Waals surface area (Å²) in [5.74, 6) is 6.44. The summed E-state index contributed by atoms with van der Waals surface area (Å²) >= 11 is 1.75. The molecule has 0 amide bonds. The van der Waals surface area contributed by atoms with Crippen molar-refractivity contribution in [3.05, 3.63) is 21.9 Å². The van der Waals surface area contributed by atoms with Crippen LogP contribution >= 0.6 is 11.3 Å². The van der Waals surface area contributed by atoms with Crippen molar-refractivity contribution in [2.75, 3.05) is 40.3 Å². The van der Waals surface area contributed by atoms with Gasteiger partial charge in [-0.25, -0.2) is 0 Å². The fourth-order valence-electron chi connectivity index (χ4n) is 2.00. The molecule has 0 saturated carbocycles. The van der Waals surface area contributed by atoms with Gasteiger partial charge in [0, 0.05) is 36.6 Å². The van der Waals surface area contributed by atoms with E-state index in [9.17, 15) is 0 Å². The molecule has 3 nitrogen and oxygen atoms in total. The lowest BCUT2D eigenvalue weighted by Gasteiger charge is -2.25. The van der Waals surface area contributed by atoms with Crippen LogP contribution in [0.1, 0.15) is 24.3 Å². The Bertz CT molecular complexity index is 443. The zero-order valence-electron chi connectivity index (χ0n) is 13.0. The van der Waals surface area contributed by atoms with Gasteiger partial charge in [0.2, 0.25) is 0 Å². The molecule has 0 radical (unpaired) electrons. The summed E-state index contributed by atoms with van der Waals surface area (Å²) in [4.78, 5) is 6.00. The summed E-state index contributed by atoms with van der Waals surface area (Å²) in [5.41, 5.74) is 1.06. The number of thiophene rings is 1. The van der Waals surface area contributed by atoms with Crippen LogP contribution in [-0.2, 0) is 6.54 Å². The van der Waals surface area contributed by atoms with Crippen molar-refractivity contribution in [1.82, 2.24) is 9.80 Å². The lowest BCUT2D eigenvalue weighted by Crippen LogP contribution is -2.33. The molecule has 0 aliphatic carbocycles. The molecule has 0 atom stereocenters. The van der Waals surface area contributed by atoms with Gasteiger partial charge in [-0.1, -0.05) is 25.7 Å². The number of aliphatic hydroxyl groups excluding tert-OH is 1. The highest BCUT2D eigenvalue weighted by atomic mass is 32.1. The summed E-state index contributed by atoms with van der Waals surface area (Å²) in [6.07, 6.45) is 0. The largest absolute Gasteiger partial charge is 0.384 e. The lowest BCUT2D eigenvalue weighted by atomic mass is 10.2. The molecule has 112 valence electrons. The molecule has 1 aromatic rings. The van der Waals surface area contributed by atoms with Crippen LogP contribution in [0.3, 0.4) is 0 Å². The maximum atomic E-state index is 8.82. The normalized spacial score (nSPS) is 11.2. The van der Waals surface area contributed by atoms with Crippen molar-refractivity contribution in [3.8, 4) is 11.8 Å². The summed E-state index contributed by atoms with van der Waals surface area (Å²) in [6, 6.07) is 2.04. The number of aliphatic hydroxyl groups is 1. The van der Waals surface area contributed by atoms with Gasteiger partial charge in [-0.3, -0.25) is 4.90 Å². The number of hydrogen-bond donors (Lipinski definition) is 1. The second-order valence-electron chi connectivity index (χ2n) is 5.65. The van der Waals surface area contributed by atoms with Crippen LogP contribution in [0.2, 0.25) is 0 Å². The van der Waals surface area contributed by atoms with Gasteiger partial charge in [0.25, 0.3) is 0 Å². The molecule has 0 bridgehead atoms. The highest BCUT2D eigenvalue weighted by molar-refractivity contribution is 7.10. The average Bonchev–Trinajstić information content (AvgIpc) is 2.80. The summed E-state index contributed by atoms with van der Waals surface area (Å²) < 4.78 is 0. The Morgan fingerprint density at radius 1 is 1.30 bits per heavy atom. The van der Waals surface area contributed by atoms with E-state index in [1.807, 2.05) is 6.07 Å². The number of likely N-dealkylation sites (N-methyl/N-ethyl adjacent to an activating group) is 1. The molecule has 1 heterocycles. The molecular weight excluding hydrogens is 268 g/mol. The standard InChI is InChI=1S/C16H26N2OS/c1-14(2)12-18(9-8-17(3)4)13-16-15(6-5-10-19)7-11-20-16/h7,11,14,19H,8-10,12-13H2,1-4H3. The predicted molar refractivity (Wildman–Crippen MR) is 87.0 cm³/mol. The highest BCUT2D eigenvalue weighted by Gasteiger charge is 2.11. The van der Waals surface area contributed by atoms with E-state index in [1.165, 1.54) is 4.88 Å². The van der Waals surface area contributed by atoms with E-state index in [4.69, 9.17) is 5.11 Å². The first-order valence-electron chi connectivity index (χ1n) is 7.06. The minimum absolute atomic E-state index is 0.0778. The molecule has 0 unspecified atom stereocenters. The molecule has 0 aromatic carbocycles. The summed E-state index contributed by atoms with van der Waals surface area (Å²) in [6.45, 7) is 8.60. The van der Waals surface area contributed by atoms with E-state index in [1.54, 1.807) is 11.3 Å². The van der Waals surface area contributed by atoms with Crippen LogP contribution in [0.4, 0.5) is 0 Å². The van der Waals surface area contributed by atoms with E-state index in [0.717, 1.165) is 31.7 Å². The Labute approximate surface area is 127 Å². The topological polar surface area (TPSA) is 26.7 Å². The van der Waals surface area contributed by atoms with E-state index in [0.29, 0.717) is 5.92 Å². The smallest absolute Gasteiger partial charge is 0.104 e. The average molecular weight is 294 g/mol. The van der Waals surface area contributed by atoms with Gasteiger partial charge in [0.15, 0.2) is 0 Å². The number of rotatable bonds is 7. The zero-order valence-corrected chi connectivity index (χ0v) is 13.8. The minimum atomic E-state index is -0.0778. The molecule has 1 aromatic heterocycles. The van der Waals surface area contributed by atoms with Gasteiger partial charge in [0.1, 0.15) is 6.61 Å². The van der Waals surface area contributed by atoms with Crippen molar-refractivity contribution in [2.45, 2.75) is 20.4 Å². The van der Waals surface area contributed by atoms with E-state index in [-0.39, 0.29) is 6.61 Å². The highest BCUT2D eigenvalue weighted by Crippen LogP contribution is 2.18. The van der Waals surface area contributed by atoms with Gasteiger partial charge in [-0.15, -0.1) is 11.3 Å². The second kappa shape index (κ2) is 9.15. The fraction of sp³-hybridized carbons (Fsp3) is 0.625. The van der Waals surface area contributed by atoms with Gasteiger partial charge in [0.05, 0.1) is 0 Å². The van der Waals surface area contributed by atoms with Crippen LogP contribution in [0.15, 0.2) is 11.4 Å². The zero-order chi connectivity index (χ0) is 15.0. The minimum Gasteiger partial charge on any atom is -0.384 e. The molecule has 0 saturated heterocycles. The number of nitrogens with zero attached hydrogens (tertiary/aromatic N) is 2. The first-order chi connectivity index (χ1) is 9.52. The predicted octanol–water partition coefficient (Wildman–Crippen LogP) is 2.11. The Morgan fingerprint density at radius 3 is 2.65 bits per heavy atom. The Kier molecular flexibility index (Phi) is 7.86. The Balaban J connectivity index is 2.70. The molecule has 1 N–H and O–H groups in total. The van der Waals surface area contributed by atoms with Crippen molar-refractivity contribution in [2.24, 2.45) is 5.92 Å². The van der Waals surface area contributed by atoms with Crippen LogP contribution in [0, 0.1) is 17.8 Å². The second-order valence-corrected chi connectivity index (χ2v) is 6.65. The monoisotopic (exact) mass is 294 g/mol. The van der Waals surface area contributed by atoms with Crippen molar-refractivity contribution in [3.63, 3.8) is 0 Å². The van der Waals surface area contributed by atoms with Gasteiger partial charge in [-0.2, -0.15) is 0 Å². The van der Waals surface area contributed by atoms with E-state index in [2.05, 4.69) is 55.0 Å². The Morgan fingerprint density at radius 2 is 2.05 bits per heavy atom. The van der Waals surface area contributed by atoms with Gasteiger partial charge >= 0.3 is 0 Å². The van der Waals surface area contributed by atoms with Crippen molar-refractivity contribution >= 4 is 11.3 Å². The molecule has 0 aliphatic rings. The van der Waals surface area contributed by atoms with Crippen LogP contribution < -0.4 is 0 Å². The fourth-order valence-corrected chi connectivity index (χ4v) is 2.88. The molecule has 0 fully saturated rings. The van der Waals surface area contributed by atoms with E-state index < -0.39 is 0 Å².